The summed E-state index contributed by atoms with van der Waals surface area (Å²) in [5.74, 6) is -1.50. The number of anilines is 1. The van der Waals surface area contributed by atoms with E-state index < -0.39 is 12.6 Å². The van der Waals surface area contributed by atoms with Crippen molar-refractivity contribution in [1.29, 1.82) is 5.26 Å². The average molecular weight is 262 g/mol. The second kappa shape index (κ2) is 7.84. The van der Waals surface area contributed by atoms with Crippen molar-refractivity contribution in [2.45, 2.75) is 6.42 Å². The number of aliphatic carboxylic acids is 1. The van der Waals surface area contributed by atoms with Gasteiger partial charge in [-0.1, -0.05) is 18.2 Å². The first-order chi connectivity index (χ1) is 9.15. The van der Waals surface area contributed by atoms with Crippen LogP contribution in [0.2, 0.25) is 0 Å². The first-order valence-corrected chi connectivity index (χ1v) is 5.67. The van der Waals surface area contributed by atoms with E-state index in [0.29, 0.717) is 5.69 Å². The maximum absolute atomic E-state index is 11.9. The zero-order valence-corrected chi connectivity index (χ0v) is 10.3. The van der Waals surface area contributed by atoms with Crippen LogP contribution in [0.25, 0.3) is 0 Å². The number of amides is 1. The minimum Gasteiger partial charge on any atom is -0.480 e. The summed E-state index contributed by atoms with van der Waals surface area (Å²) in [4.78, 5) is 23.6. The fraction of sp³-hybridized carbons (Fsp3) is 0.308. The quantitative estimate of drug-likeness (QED) is 0.792. The molecule has 0 saturated carbocycles. The number of para-hydroxylation sites is 1. The first kappa shape index (κ1) is 14.7. The number of carboxylic acid groups (broad SMARTS) is 1. The summed E-state index contributed by atoms with van der Waals surface area (Å²) in [6.45, 7) is -0.602. The van der Waals surface area contributed by atoms with E-state index in [1.54, 1.807) is 24.3 Å². The molecule has 1 rings (SSSR count). The zero-order valence-electron chi connectivity index (χ0n) is 10.3. The van der Waals surface area contributed by atoms with E-state index >= 15 is 0 Å². The Morgan fingerprint density at radius 3 is 2.53 bits per heavy atom. The van der Waals surface area contributed by atoms with Crippen LogP contribution in [0.4, 0.5) is 5.69 Å². The number of benzene rings is 1. The van der Waals surface area contributed by atoms with Gasteiger partial charge in [-0.15, -0.1) is 0 Å². The molecule has 1 aromatic rings. The highest BCUT2D eigenvalue weighted by atomic mass is 16.5. The highest BCUT2D eigenvalue weighted by molar-refractivity contribution is 5.94. The molecule has 1 aromatic carbocycles. The number of nitriles is 1. The van der Waals surface area contributed by atoms with Crippen LogP contribution in [-0.2, 0) is 14.3 Å². The van der Waals surface area contributed by atoms with Crippen molar-refractivity contribution in [2.24, 2.45) is 0 Å². The lowest BCUT2D eigenvalue weighted by Crippen LogP contribution is -2.35. The van der Waals surface area contributed by atoms with E-state index in [4.69, 9.17) is 15.1 Å². The summed E-state index contributed by atoms with van der Waals surface area (Å²) in [6.07, 6.45) is 0.194. The summed E-state index contributed by atoms with van der Waals surface area (Å²) < 4.78 is 4.77. The van der Waals surface area contributed by atoms with Gasteiger partial charge in [0, 0.05) is 12.2 Å². The number of ether oxygens (including phenoxy) is 1. The van der Waals surface area contributed by atoms with Crippen molar-refractivity contribution in [2.75, 3.05) is 24.7 Å². The van der Waals surface area contributed by atoms with Gasteiger partial charge in [0.1, 0.15) is 13.2 Å². The Balaban J connectivity index is 2.66. The monoisotopic (exact) mass is 262 g/mol. The molecule has 6 nitrogen and oxygen atoms in total. The third-order valence-corrected chi connectivity index (χ3v) is 2.27. The van der Waals surface area contributed by atoms with E-state index in [1.807, 2.05) is 12.1 Å². The second-order valence-electron chi connectivity index (χ2n) is 3.68. The number of hydrogen-bond donors (Lipinski definition) is 1. The molecule has 0 heterocycles. The molecule has 0 aliphatic rings. The Morgan fingerprint density at radius 2 is 1.95 bits per heavy atom. The topological polar surface area (TPSA) is 90.6 Å². The Morgan fingerprint density at radius 1 is 1.26 bits per heavy atom. The van der Waals surface area contributed by atoms with Gasteiger partial charge in [0.2, 0.25) is 0 Å². The third kappa shape index (κ3) is 5.19. The van der Waals surface area contributed by atoms with Gasteiger partial charge in [0.15, 0.2) is 0 Å². The molecule has 0 radical (unpaired) electrons. The lowest BCUT2D eigenvalue weighted by Gasteiger charge is -2.21. The molecule has 0 unspecified atom stereocenters. The fourth-order valence-electron chi connectivity index (χ4n) is 1.47. The van der Waals surface area contributed by atoms with E-state index in [9.17, 15) is 9.59 Å². The van der Waals surface area contributed by atoms with Crippen LogP contribution < -0.4 is 4.90 Å². The molecule has 0 aromatic heterocycles. The molecule has 0 atom stereocenters. The lowest BCUT2D eigenvalue weighted by molar-refractivity contribution is -0.143. The fourth-order valence-corrected chi connectivity index (χ4v) is 1.47. The maximum Gasteiger partial charge on any atom is 0.329 e. The lowest BCUT2D eigenvalue weighted by atomic mass is 10.2. The molecule has 100 valence electrons. The summed E-state index contributed by atoms with van der Waals surface area (Å²) in [7, 11) is 0. The van der Waals surface area contributed by atoms with Crippen molar-refractivity contribution < 1.29 is 19.4 Å². The number of carboxylic acids is 1. The summed E-state index contributed by atoms with van der Waals surface area (Å²) in [5.41, 5.74) is 0.654. The van der Waals surface area contributed by atoms with Crippen LogP contribution in [0.1, 0.15) is 6.42 Å². The SMILES string of the molecule is N#CCCN(C(=O)COCC(=O)O)c1ccccc1. The van der Waals surface area contributed by atoms with Crippen LogP contribution in [0, 0.1) is 11.3 Å². The predicted octanol–water partition coefficient (Wildman–Crippen LogP) is 1.03. The highest BCUT2D eigenvalue weighted by Crippen LogP contribution is 2.13. The van der Waals surface area contributed by atoms with Gasteiger partial charge in [-0.05, 0) is 12.1 Å². The van der Waals surface area contributed by atoms with Crippen molar-refractivity contribution in [1.82, 2.24) is 0 Å². The van der Waals surface area contributed by atoms with E-state index in [1.165, 1.54) is 4.90 Å². The third-order valence-electron chi connectivity index (χ3n) is 2.27. The molecule has 6 heteroatoms. The molecule has 0 spiro atoms. The van der Waals surface area contributed by atoms with Gasteiger partial charge in [0.25, 0.3) is 5.91 Å². The van der Waals surface area contributed by atoms with Crippen LogP contribution >= 0.6 is 0 Å². The van der Waals surface area contributed by atoms with Crippen LogP contribution in [0.5, 0.6) is 0 Å². The van der Waals surface area contributed by atoms with Crippen LogP contribution in [0.15, 0.2) is 30.3 Å². The Labute approximate surface area is 110 Å². The molecule has 0 fully saturated rings. The Hall–Kier alpha value is -2.39. The van der Waals surface area contributed by atoms with Crippen molar-refractivity contribution in [3.05, 3.63) is 30.3 Å². The molecule has 0 bridgehead atoms. The van der Waals surface area contributed by atoms with Gasteiger partial charge >= 0.3 is 5.97 Å². The van der Waals surface area contributed by atoms with Crippen molar-refractivity contribution in [3.63, 3.8) is 0 Å². The average Bonchev–Trinajstić information content (AvgIpc) is 2.40. The van der Waals surface area contributed by atoms with Gasteiger partial charge in [-0.3, -0.25) is 4.79 Å². The smallest absolute Gasteiger partial charge is 0.329 e. The minimum atomic E-state index is -1.13. The van der Waals surface area contributed by atoms with E-state index in [2.05, 4.69) is 0 Å². The standard InChI is InChI=1S/C13H14N2O4/c14-7-4-8-15(11-5-2-1-3-6-11)12(16)9-19-10-13(17)18/h1-3,5-6H,4,8-10H2,(H,17,18). The highest BCUT2D eigenvalue weighted by Gasteiger charge is 2.15. The minimum absolute atomic E-state index is 0.194. The van der Waals surface area contributed by atoms with Gasteiger partial charge in [-0.25, -0.2) is 4.79 Å². The predicted molar refractivity (Wildman–Crippen MR) is 67.5 cm³/mol. The molecular formula is C13H14N2O4. The maximum atomic E-state index is 11.9. The van der Waals surface area contributed by atoms with Gasteiger partial charge in [-0.2, -0.15) is 5.26 Å². The first-order valence-electron chi connectivity index (χ1n) is 5.67. The Bertz CT molecular complexity index is 467. The zero-order chi connectivity index (χ0) is 14.1. The second-order valence-corrected chi connectivity index (χ2v) is 3.68. The molecular weight excluding hydrogens is 248 g/mol. The number of carbonyl (C=O) groups is 2. The number of rotatable bonds is 7. The van der Waals surface area contributed by atoms with Crippen molar-refractivity contribution in [3.8, 4) is 6.07 Å². The summed E-state index contributed by atoms with van der Waals surface area (Å²) in [6, 6.07) is 10.8. The summed E-state index contributed by atoms with van der Waals surface area (Å²) in [5, 5.41) is 17.0. The van der Waals surface area contributed by atoms with E-state index in [0.717, 1.165) is 0 Å². The van der Waals surface area contributed by atoms with Gasteiger partial charge < -0.3 is 14.7 Å². The van der Waals surface area contributed by atoms with E-state index in [-0.39, 0.29) is 25.5 Å². The number of carbonyl (C=O) groups excluding carboxylic acids is 1. The molecule has 1 amide bonds. The van der Waals surface area contributed by atoms with Crippen LogP contribution in [-0.4, -0.2) is 36.7 Å². The molecule has 0 aliphatic heterocycles. The van der Waals surface area contributed by atoms with Crippen molar-refractivity contribution >= 4 is 17.6 Å². The normalized spacial score (nSPS) is 9.63. The van der Waals surface area contributed by atoms with Crippen LogP contribution in [0.3, 0.4) is 0 Å². The summed E-state index contributed by atoms with van der Waals surface area (Å²) >= 11 is 0. The number of hydrogen-bond acceptors (Lipinski definition) is 4. The number of nitrogens with zero attached hydrogens (tertiary/aromatic N) is 2. The molecule has 19 heavy (non-hydrogen) atoms. The van der Waals surface area contributed by atoms with Gasteiger partial charge in [0.05, 0.1) is 12.5 Å². The molecule has 0 aliphatic carbocycles. The largest absolute Gasteiger partial charge is 0.480 e. The molecule has 1 N–H and O–H groups in total. The molecule has 0 saturated heterocycles. The Kier molecular flexibility index (Phi) is 6.06.